The molecule has 0 aromatic heterocycles. The number of benzene rings is 1. The molecule has 5 heteroatoms. The van der Waals surface area contributed by atoms with Gasteiger partial charge in [0.05, 0.1) is 19.2 Å². The topological polar surface area (TPSA) is 41.6 Å². The summed E-state index contributed by atoms with van der Waals surface area (Å²) < 4.78 is 6.33. The molecule has 0 spiro atoms. The fourth-order valence-corrected chi connectivity index (χ4v) is 5.44. The third-order valence-electron chi connectivity index (χ3n) is 6.83. The Labute approximate surface area is 156 Å². The monoisotopic (exact) mass is 358 g/mol. The summed E-state index contributed by atoms with van der Waals surface area (Å²) in [5.41, 5.74) is 4.19. The first kappa shape index (κ1) is 17.8. The number of nitrogens with one attached hydrogen (secondary N) is 1. The van der Waals surface area contributed by atoms with Gasteiger partial charge in [0.15, 0.2) is 0 Å². The Morgan fingerprint density at radius 3 is 2.92 bits per heavy atom. The minimum atomic E-state index is -0.184. The highest BCUT2D eigenvalue weighted by atomic mass is 16.6. The lowest BCUT2D eigenvalue weighted by Gasteiger charge is -2.44. The predicted octanol–water partition coefficient (Wildman–Crippen LogP) is 3.05. The van der Waals surface area contributed by atoms with Crippen LogP contribution >= 0.6 is 0 Å². The first-order valence-electron chi connectivity index (χ1n) is 10.3. The number of rotatable bonds is 3. The predicted molar refractivity (Wildman–Crippen MR) is 104 cm³/mol. The maximum atomic E-state index is 12.0. The Kier molecular flexibility index (Phi) is 4.93. The number of fused-ring (bicyclic) bond motifs is 1. The summed E-state index contributed by atoms with van der Waals surface area (Å²) in [5, 5.41) is 3.58. The molecule has 0 aliphatic carbocycles. The molecule has 3 atom stereocenters. The maximum Gasteiger partial charge on any atom is 0.410 e. The molecule has 3 aliphatic rings. The molecule has 0 bridgehead atoms. The second-order valence-electron chi connectivity index (χ2n) is 8.12. The Morgan fingerprint density at radius 2 is 2.23 bits per heavy atom. The van der Waals surface area contributed by atoms with Gasteiger partial charge in [-0.15, -0.1) is 0 Å². The lowest BCUT2D eigenvalue weighted by atomic mass is 9.96. The van der Waals surface area contributed by atoms with E-state index in [2.05, 4.69) is 30.4 Å². The van der Waals surface area contributed by atoms with Crippen molar-refractivity contribution in [1.82, 2.24) is 14.7 Å². The van der Waals surface area contributed by atoms with E-state index < -0.39 is 0 Å². The lowest BCUT2D eigenvalue weighted by molar-refractivity contribution is 0.102. The van der Waals surface area contributed by atoms with Crippen molar-refractivity contribution in [2.45, 2.75) is 58.2 Å². The molecule has 3 aliphatic heterocycles. The molecular weight excluding hydrogens is 326 g/mol. The minimum absolute atomic E-state index is 0.184. The Hall–Kier alpha value is -1.59. The first-order valence-corrected chi connectivity index (χ1v) is 10.3. The van der Waals surface area contributed by atoms with Crippen LogP contribution in [0.1, 0.15) is 44.2 Å². The Balaban J connectivity index is 1.62. The van der Waals surface area contributed by atoms with E-state index in [1.54, 1.807) is 0 Å². The van der Waals surface area contributed by atoms with Gasteiger partial charge in [0, 0.05) is 51.5 Å². The van der Waals surface area contributed by atoms with Gasteiger partial charge in [-0.05, 0) is 37.5 Å². The summed E-state index contributed by atoms with van der Waals surface area (Å²) in [6.45, 7) is 9.72. The highest BCUT2D eigenvalue weighted by Gasteiger charge is 2.48. The summed E-state index contributed by atoms with van der Waals surface area (Å²) in [4.78, 5) is 13.9. The highest BCUT2D eigenvalue weighted by molar-refractivity contribution is 5.68. The smallest absolute Gasteiger partial charge is 0.410 e. The Morgan fingerprint density at radius 1 is 1.35 bits per heavy atom. The molecule has 1 aromatic rings. The van der Waals surface area contributed by atoms with Crippen molar-refractivity contribution in [2.24, 2.45) is 0 Å². The SMILES string of the molecule is CCOC(=O)N1CCc2cc([N+]3([C@H]4CCNC4)CCC[C@@H]3C)ccc2C1. The van der Waals surface area contributed by atoms with Gasteiger partial charge in [-0.2, -0.15) is 0 Å². The number of carbonyl (C=O) groups excluding carboxylic acids is 1. The first-order chi connectivity index (χ1) is 12.6. The molecule has 1 N–H and O–H groups in total. The molecule has 4 rings (SSSR count). The van der Waals surface area contributed by atoms with Crippen LogP contribution in [-0.4, -0.2) is 55.9 Å². The van der Waals surface area contributed by atoms with Gasteiger partial charge in [-0.1, -0.05) is 6.07 Å². The standard InChI is InChI=1S/C21H32N3O2/c1-3-26-21(25)23-11-9-17-13-19(7-6-18(17)15-23)24(12-4-5-16(24)2)20-8-10-22-14-20/h6-7,13,16,20,22H,3-5,8-12,14-15H2,1-2H3/q+1/t16-,20-,24?/m0/s1. The second-order valence-corrected chi connectivity index (χ2v) is 8.12. The lowest BCUT2D eigenvalue weighted by Crippen LogP contribution is -2.59. The van der Waals surface area contributed by atoms with Gasteiger partial charge in [-0.3, -0.25) is 4.48 Å². The summed E-state index contributed by atoms with van der Waals surface area (Å²) in [5.74, 6) is 0. The van der Waals surface area contributed by atoms with Crippen LogP contribution in [0.25, 0.3) is 0 Å². The maximum absolute atomic E-state index is 12.0. The third kappa shape index (κ3) is 2.91. The molecule has 1 aromatic carbocycles. The summed E-state index contributed by atoms with van der Waals surface area (Å²) in [6.07, 6.45) is 4.67. The zero-order valence-corrected chi connectivity index (χ0v) is 16.2. The van der Waals surface area contributed by atoms with Crippen LogP contribution in [0, 0.1) is 0 Å². The van der Waals surface area contributed by atoms with E-state index in [9.17, 15) is 4.79 Å². The van der Waals surface area contributed by atoms with Crippen LogP contribution in [0.4, 0.5) is 10.5 Å². The van der Waals surface area contributed by atoms with Crippen LogP contribution in [-0.2, 0) is 17.7 Å². The number of hydrogen-bond acceptors (Lipinski definition) is 3. The van der Waals surface area contributed by atoms with Crippen molar-refractivity contribution in [3.8, 4) is 0 Å². The van der Waals surface area contributed by atoms with Gasteiger partial charge in [0.25, 0.3) is 0 Å². The number of ether oxygens (including phenoxy) is 1. The number of amides is 1. The van der Waals surface area contributed by atoms with Crippen molar-refractivity contribution >= 4 is 11.8 Å². The molecule has 142 valence electrons. The van der Waals surface area contributed by atoms with Gasteiger partial charge < -0.3 is 15.0 Å². The van der Waals surface area contributed by atoms with E-state index in [0.29, 0.717) is 25.2 Å². The number of carbonyl (C=O) groups is 1. The number of hydrogen-bond donors (Lipinski definition) is 1. The van der Waals surface area contributed by atoms with Crippen molar-refractivity contribution in [1.29, 1.82) is 0 Å². The molecule has 0 radical (unpaired) electrons. The molecule has 3 heterocycles. The van der Waals surface area contributed by atoms with E-state index >= 15 is 0 Å². The number of likely N-dealkylation sites (tertiary alicyclic amines) is 1. The summed E-state index contributed by atoms with van der Waals surface area (Å²) >= 11 is 0. The molecule has 0 saturated carbocycles. The molecule has 1 unspecified atom stereocenters. The fraction of sp³-hybridized carbons (Fsp3) is 0.667. The van der Waals surface area contributed by atoms with Crippen molar-refractivity contribution in [3.63, 3.8) is 0 Å². The highest BCUT2D eigenvalue weighted by Crippen LogP contribution is 2.40. The van der Waals surface area contributed by atoms with E-state index in [0.717, 1.165) is 30.5 Å². The van der Waals surface area contributed by atoms with Gasteiger partial charge in [0.1, 0.15) is 11.7 Å². The quantitative estimate of drug-likeness (QED) is 0.845. The average Bonchev–Trinajstić information content (AvgIpc) is 3.31. The zero-order chi connectivity index (χ0) is 18.1. The molecular formula is C21H32N3O2+. The Bertz CT molecular complexity index is 671. The van der Waals surface area contributed by atoms with Crippen LogP contribution < -0.4 is 9.80 Å². The molecule has 2 fully saturated rings. The van der Waals surface area contributed by atoms with E-state index in [1.165, 1.54) is 42.6 Å². The van der Waals surface area contributed by atoms with Crippen LogP contribution in [0.3, 0.4) is 0 Å². The van der Waals surface area contributed by atoms with Gasteiger partial charge in [-0.25, -0.2) is 4.79 Å². The third-order valence-corrected chi connectivity index (χ3v) is 6.83. The van der Waals surface area contributed by atoms with Crippen LogP contribution in [0.5, 0.6) is 0 Å². The number of nitrogens with zero attached hydrogens (tertiary/aromatic N) is 2. The normalized spacial score (nSPS) is 31.1. The van der Waals surface area contributed by atoms with E-state index in [-0.39, 0.29) is 6.09 Å². The second kappa shape index (κ2) is 7.20. The van der Waals surface area contributed by atoms with E-state index in [1.807, 2.05) is 11.8 Å². The van der Waals surface area contributed by atoms with E-state index in [4.69, 9.17) is 4.74 Å². The van der Waals surface area contributed by atoms with Crippen LogP contribution in [0.15, 0.2) is 18.2 Å². The number of quaternary nitrogens is 1. The fourth-order valence-electron chi connectivity index (χ4n) is 5.44. The van der Waals surface area contributed by atoms with Crippen molar-refractivity contribution in [3.05, 3.63) is 29.3 Å². The summed E-state index contributed by atoms with van der Waals surface area (Å²) in [6, 6.07) is 8.46. The molecule has 1 amide bonds. The summed E-state index contributed by atoms with van der Waals surface area (Å²) in [7, 11) is 0. The molecule has 5 nitrogen and oxygen atoms in total. The van der Waals surface area contributed by atoms with Crippen molar-refractivity contribution < 1.29 is 9.53 Å². The van der Waals surface area contributed by atoms with Gasteiger partial charge >= 0.3 is 6.09 Å². The van der Waals surface area contributed by atoms with Crippen molar-refractivity contribution in [2.75, 3.05) is 32.8 Å². The van der Waals surface area contributed by atoms with Crippen LogP contribution in [0.2, 0.25) is 0 Å². The molecule has 26 heavy (non-hydrogen) atoms. The van der Waals surface area contributed by atoms with Gasteiger partial charge in [0.2, 0.25) is 0 Å². The minimum Gasteiger partial charge on any atom is -0.450 e. The molecule has 2 saturated heterocycles. The average molecular weight is 359 g/mol. The zero-order valence-electron chi connectivity index (χ0n) is 16.2. The largest absolute Gasteiger partial charge is 0.450 e.